The molecule has 0 unspecified atom stereocenters. The summed E-state index contributed by atoms with van der Waals surface area (Å²) in [4.78, 5) is 27.4. The number of esters is 1. The first-order valence-electron chi connectivity index (χ1n) is 12.4. The van der Waals surface area contributed by atoms with Gasteiger partial charge in [-0.1, -0.05) is 51.0 Å². The van der Waals surface area contributed by atoms with E-state index in [0.29, 0.717) is 18.3 Å². The predicted octanol–water partition coefficient (Wildman–Crippen LogP) is 4.57. The molecule has 4 aliphatic carbocycles. The number of aliphatic hydroxyl groups is 1. The third kappa shape index (κ3) is 2.63. The molecule has 0 spiro atoms. The van der Waals surface area contributed by atoms with Gasteiger partial charge in [-0.25, -0.2) is 0 Å². The number of hydrogen-bond acceptors (Lipinski definition) is 5. The van der Waals surface area contributed by atoms with Crippen molar-refractivity contribution in [3.05, 3.63) is 41.5 Å². The van der Waals surface area contributed by atoms with Gasteiger partial charge in [-0.2, -0.15) is 0 Å². The lowest BCUT2D eigenvalue weighted by Crippen LogP contribution is -2.63. The molecule has 1 aromatic carbocycles. The minimum atomic E-state index is -1.08. The Bertz CT molecular complexity index is 981. The molecule has 5 nitrogen and oxygen atoms in total. The van der Waals surface area contributed by atoms with Crippen LogP contribution in [0, 0.1) is 45.8 Å². The summed E-state index contributed by atoms with van der Waals surface area (Å²) in [7, 11) is 1.62. The zero-order valence-corrected chi connectivity index (χ0v) is 20.2. The fourth-order valence-corrected chi connectivity index (χ4v) is 8.61. The second-order valence-electron chi connectivity index (χ2n) is 11.3. The second-order valence-corrected chi connectivity index (χ2v) is 11.3. The Morgan fingerprint density at radius 1 is 1.21 bits per heavy atom. The fraction of sp³-hybridized carbons (Fsp3) is 0.643. The van der Waals surface area contributed by atoms with Crippen molar-refractivity contribution < 1.29 is 24.2 Å². The molecule has 1 aromatic rings. The van der Waals surface area contributed by atoms with Gasteiger partial charge in [0, 0.05) is 5.41 Å². The molecular formula is C28H36O5. The highest BCUT2D eigenvalue weighted by molar-refractivity contribution is 5.91. The number of fused-ring (bicyclic) bond motifs is 2. The topological polar surface area (TPSA) is 72.8 Å². The fourth-order valence-electron chi connectivity index (χ4n) is 8.61. The van der Waals surface area contributed by atoms with Crippen molar-refractivity contribution >= 4 is 12.3 Å². The Morgan fingerprint density at radius 2 is 1.94 bits per heavy atom. The maximum atomic E-state index is 14.3. The van der Waals surface area contributed by atoms with Crippen LogP contribution in [0.3, 0.4) is 0 Å². The van der Waals surface area contributed by atoms with E-state index in [4.69, 9.17) is 9.47 Å². The Morgan fingerprint density at radius 3 is 2.55 bits per heavy atom. The van der Waals surface area contributed by atoms with Gasteiger partial charge in [-0.3, -0.25) is 4.79 Å². The van der Waals surface area contributed by atoms with Crippen LogP contribution in [0.4, 0.5) is 0 Å². The van der Waals surface area contributed by atoms with E-state index in [1.807, 2.05) is 24.3 Å². The van der Waals surface area contributed by atoms with Crippen molar-refractivity contribution in [3.8, 4) is 5.75 Å². The number of aldehydes is 1. The van der Waals surface area contributed by atoms with Crippen LogP contribution in [0.1, 0.15) is 52.0 Å². The number of allylic oxidation sites excluding steroid dienone is 1. The number of carbonyl (C=O) groups excluding carboxylic acids is 2. The molecule has 0 heterocycles. The van der Waals surface area contributed by atoms with Gasteiger partial charge in [0.25, 0.3) is 0 Å². The maximum absolute atomic E-state index is 14.3. The monoisotopic (exact) mass is 452 g/mol. The Hall–Kier alpha value is -2.14. The van der Waals surface area contributed by atoms with Crippen LogP contribution in [0.2, 0.25) is 0 Å². The van der Waals surface area contributed by atoms with E-state index in [-0.39, 0.29) is 36.9 Å². The quantitative estimate of drug-likeness (QED) is 0.373. The van der Waals surface area contributed by atoms with Crippen LogP contribution in [0.5, 0.6) is 5.75 Å². The number of hydrogen-bond donors (Lipinski definition) is 1. The van der Waals surface area contributed by atoms with Gasteiger partial charge < -0.3 is 19.4 Å². The largest absolute Gasteiger partial charge is 0.497 e. The van der Waals surface area contributed by atoms with Crippen molar-refractivity contribution in [1.82, 2.24) is 0 Å². The van der Waals surface area contributed by atoms with Gasteiger partial charge in [0.05, 0.1) is 19.1 Å². The second kappa shape index (κ2) is 7.69. The van der Waals surface area contributed by atoms with Gasteiger partial charge in [0.2, 0.25) is 0 Å². The van der Waals surface area contributed by atoms with E-state index in [1.54, 1.807) is 7.11 Å². The number of benzene rings is 1. The minimum absolute atomic E-state index is 0.0384. The van der Waals surface area contributed by atoms with Gasteiger partial charge in [-0.15, -0.1) is 0 Å². The van der Waals surface area contributed by atoms with E-state index < -0.39 is 16.2 Å². The van der Waals surface area contributed by atoms with Crippen molar-refractivity contribution in [2.24, 2.45) is 45.8 Å². The molecule has 0 amide bonds. The molecule has 0 aromatic heterocycles. The summed E-state index contributed by atoms with van der Waals surface area (Å²) in [6.07, 6.45) is 6.82. The van der Waals surface area contributed by atoms with Crippen LogP contribution < -0.4 is 4.74 Å². The first-order valence-corrected chi connectivity index (χ1v) is 12.4. The average Bonchev–Trinajstić information content (AvgIpc) is 3.40. The molecular weight excluding hydrogens is 416 g/mol. The molecule has 5 rings (SSSR count). The Kier molecular flexibility index (Phi) is 5.28. The summed E-state index contributed by atoms with van der Waals surface area (Å²) in [6.45, 7) is 6.51. The number of methoxy groups -OCH3 is 1. The molecule has 7 atom stereocenters. The first-order chi connectivity index (χ1) is 15.8. The lowest BCUT2D eigenvalue weighted by Gasteiger charge is -2.58. The van der Waals surface area contributed by atoms with Gasteiger partial charge in [0.15, 0.2) is 0 Å². The van der Waals surface area contributed by atoms with Gasteiger partial charge in [0.1, 0.15) is 24.1 Å². The van der Waals surface area contributed by atoms with Gasteiger partial charge in [-0.05, 0) is 66.5 Å². The number of aliphatic hydroxyl groups excluding tert-OH is 1. The molecule has 33 heavy (non-hydrogen) atoms. The first kappa shape index (κ1) is 22.6. The molecule has 4 bridgehead atoms. The lowest BCUT2D eigenvalue weighted by atomic mass is 9.43. The third-order valence-electron chi connectivity index (χ3n) is 9.92. The smallest absolute Gasteiger partial charge is 0.318 e. The minimum Gasteiger partial charge on any atom is -0.497 e. The van der Waals surface area contributed by atoms with Crippen LogP contribution in [0.15, 0.2) is 35.9 Å². The molecule has 4 aliphatic rings. The highest BCUT2D eigenvalue weighted by Crippen LogP contribution is 2.82. The highest BCUT2D eigenvalue weighted by atomic mass is 16.5. The van der Waals surface area contributed by atoms with E-state index in [0.717, 1.165) is 42.4 Å². The standard InChI is InChI=1S/C28H36O5/c1-17(2)24-11-20-12-27(16-30)23-10-5-18(3)22(23)13-26(20,15-29)28(24,27)25(31)33-14-19-6-8-21(32-4)9-7-19/h6-9,11,16-18,20,22-23,29H,5,10,12-15H2,1-4H3/t18-,20+,22-,23-,26+,27+,28-/m1/s1. The van der Waals surface area contributed by atoms with Gasteiger partial charge >= 0.3 is 5.97 Å². The Balaban J connectivity index is 1.59. The van der Waals surface area contributed by atoms with Crippen LogP contribution >= 0.6 is 0 Å². The molecule has 178 valence electrons. The van der Waals surface area contributed by atoms with E-state index in [1.165, 1.54) is 0 Å². The number of rotatable bonds is 7. The predicted molar refractivity (Wildman–Crippen MR) is 124 cm³/mol. The summed E-state index contributed by atoms with van der Waals surface area (Å²) < 4.78 is 11.3. The van der Waals surface area contributed by atoms with Crippen molar-refractivity contribution in [2.45, 2.75) is 53.1 Å². The molecule has 3 fully saturated rings. The SMILES string of the molecule is COc1ccc(COC(=O)[C@@]23C(C(C)C)=C[C@H]4C[C@]2(C=O)[C@@H]2CC[C@@H](C)[C@H]2C[C@]43CO)cc1. The van der Waals surface area contributed by atoms with Crippen LogP contribution in [-0.2, 0) is 20.9 Å². The molecule has 5 heteroatoms. The number of ether oxygens (including phenoxy) is 2. The van der Waals surface area contributed by atoms with Crippen LogP contribution in [0.25, 0.3) is 0 Å². The van der Waals surface area contributed by atoms with Crippen molar-refractivity contribution in [3.63, 3.8) is 0 Å². The molecule has 0 aliphatic heterocycles. The normalized spacial score (nSPS) is 40.5. The molecule has 0 radical (unpaired) electrons. The average molecular weight is 453 g/mol. The summed E-state index contributed by atoms with van der Waals surface area (Å²) >= 11 is 0. The van der Waals surface area contributed by atoms with E-state index in [2.05, 4.69) is 26.8 Å². The molecule has 3 saturated carbocycles. The third-order valence-corrected chi connectivity index (χ3v) is 9.92. The summed E-state index contributed by atoms with van der Waals surface area (Å²) in [5.74, 6) is 1.62. The van der Waals surface area contributed by atoms with Crippen molar-refractivity contribution in [1.29, 1.82) is 0 Å². The molecule has 1 N–H and O–H groups in total. The molecule has 0 saturated heterocycles. The maximum Gasteiger partial charge on any atom is 0.318 e. The summed E-state index contributed by atoms with van der Waals surface area (Å²) in [6, 6.07) is 7.48. The Labute approximate surface area is 196 Å². The zero-order chi connectivity index (χ0) is 23.6. The zero-order valence-electron chi connectivity index (χ0n) is 20.2. The summed E-state index contributed by atoms with van der Waals surface area (Å²) in [5.41, 5.74) is -0.631. The highest BCUT2D eigenvalue weighted by Gasteiger charge is 2.84. The lowest BCUT2D eigenvalue weighted by molar-refractivity contribution is -0.190. The van der Waals surface area contributed by atoms with E-state index in [9.17, 15) is 14.7 Å². The van der Waals surface area contributed by atoms with E-state index >= 15 is 0 Å². The van der Waals surface area contributed by atoms with Crippen LogP contribution in [-0.4, -0.2) is 31.1 Å². The number of carbonyl (C=O) groups is 2. The summed E-state index contributed by atoms with van der Waals surface area (Å²) in [5, 5.41) is 11.0. The van der Waals surface area contributed by atoms with Crippen molar-refractivity contribution in [2.75, 3.05) is 13.7 Å².